The number of hydrogen-bond acceptors (Lipinski definition) is 5. The van der Waals surface area contributed by atoms with E-state index in [9.17, 15) is 9.59 Å². The molecule has 2 amide bonds. The quantitative estimate of drug-likeness (QED) is 0.751. The molecule has 0 spiro atoms. The van der Waals surface area contributed by atoms with Crippen molar-refractivity contribution in [2.24, 2.45) is 11.7 Å². The van der Waals surface area contributed by atoms with Gasteiger partial charge in [0.1, 0.15) is 0 Å². The number of aromatic nitrogens is 3. The summed E-state index contributed by atoms with van der Waals surface area (Å²) in [5, 5.41) is 9.11. The van der Waals surface area contributed by atoms with Gasteiger partial charge in [0.2, 0.25) is 11.8 Å². The Morgan fingerprint density at radius 1 is 1.36 bits per heavy atom. The third-order valence-electron chi connectivity index (χ3n) is 5.07. The first-order valence-electron chi connectivity index (χ1n) is 9.65. The second-order valence-corrected chi connectivity index (χ2v) is 8.51. The highest BCUT2D eigenvalue weighted by Gasteiger charge is 2.30. The monoisotopic (exact) mass is 401 g/mol. The zero-order valence-electron chi connectivity index (χ0n) is 16.6. The van der Waals surface area contributed by atoms with Crippen LogP contribution < -0.4 is 5.73 Å². The second kappa shape index (κ2) is 8.77. The van der Waals surface area contributed by atoms with Crippen LogP contribution in [0.3, 0.4) is 0 Å². The van der Waals surface area contributed by atoms with Gasteiger partial charge in [-0.25, -0.2) is 0 Å². The first-order chi connectivity index (χ1) is 13.4. The highest BCUT2D eigenvalue weighted by molar-refractivity contribution is 8.00. The summed E-state index contributed by atoms with van der Waals surface area (Å²) in [6.07, 6.45) is 1.56. The number of carbonyl (C=O) groups excluding carboxylic acids is 2. The van der Waals surface area contributed by atoms with Gasteiger partial charge in [-0.05, 0) is 39.7 Å². The minimum Gasteiger partial charge on any atom is -0.369 e. The molecule has 1 saturated heterocycles. The number of carbonyl (C=O) groups is 2. The number of hydrogen-bond donors (Lipinski definition) is 1. The SMILES string of the molecule is CCn1c(SC(C)C(=O)N2CCCC(C(N)=O)C2)nnc1-c1cccc(C)c1. The summed E-state index contributed by atoms with van der Waals surface area (Å²) in [5.41, 5.74) is 7.61. The van der Waals surface area contributed by atoms with Gasteiger partial charge in [-0.15, -0.1) is 10.2 Å². The Bertz CT molecular complexity index is 866. The first kappa shape index (κ1) is 20.4. The highest BCUT2D eigenvalue weighted by atomic mass is 32.2. The van der Waals surface area contributed by atoms with Crippen LogP contribution in [0.5, 0.6) is 0 Å². The molecule has 150 valence electrons. The van der Waals surface area contributed by atoms with Crippen LogP contribution in [0, 0.1) is 12.8 Å². The molecule has 0 bridgehead atoms. The number of likely N-dealkylation sites (tertiary alicyclic amines) is 1. The number of primary amides is 1. The lowest BCUT2D eigenvalue weighted by atomic mass is 9.97. The smallest absolute Gasteiger partial charge is 0.235 e. The van der Waals surface area contributed by atoms with E-state index in [-0.39, 0.29) is 23.0 Å². The van der Waals surface area contributed by atoms with Crippen LogP contribution in [0.1, 0.15) is 32.3 Å². The number of nitrogens with two attached hydrogens (primary N) is 1. The summed E-state index contributed by atoms with van der Waals surface area (Å²) in [6, 6.07) is 8.15. The minimum absolute atomic E-state index is 0.0127. The van der Waals surface area contributed by atoms with Crippen molar-refractivity contribution in [1.82, 2.24) is 19.7 Å². The van der Waals surface area contributed by atoms with Crippen molar-refractivity contribution < 1.29 is 9.59 Å². The molecule has 8 heteroatoms. The Hall–Kier alpha value is -2.35. The fourth-order valence-corrected chi connectivity index (χ4v) is 4.53. The number of benzene rings is 1. The fourth-order valence-electron chi connectivity index (χ4n) is 3.53. The van der Waals surface area contributed by atoms with E-state index in [0.29, 0.717) is 19.6 Å². The standard InChI is InChI=1S/C20H27N5O2S/c1-4-25-18(15-8-5-7-13(2)11-15)22-23-20(25)28-14(3)19(27)24-10-6-9-16(12-24)17(21)26/h5,7-8,11,14,16H,4,6,9-10,12H2,1-3H3,(H2,21,26). The van der Waals surface area contributed by atoms with E-state index in [1.165, 1.54) is 11.8 Å². The maximum absolute atomic E-state index is 12.9. The number of thioether (sulfide) groups is 1. The molecular weight excluding hydrogens is 374 g/mol. The highest BCUT2D eigenvalue weighted by Crippen LogP contribution is 2.29. The lowest BCUT2D eigenvalue weighted by molar-refractivity contribution is -0.134. The van der Waals surface area contributed by atoms with Crippen molar-refractivity contribution in [3.8, 4) is 11.4 Å². The molecule has 2 N–H and O–H groups in total. The van der Waals surface area contributed by atoms with Crippen LogP contribution in [0.2, 0.25) is 0 Å². The normalized spacial score (nSPS) is 18.1. The molecule has 0 aliphatic carbocycles. The van der Waals surface area contributed by atoms with Crippen LogP contribution in [0.4, 0.5) is 0 Å². The topological polar surface area (TPSA) is 94.1 Å². The Kier molecular flexibility index (Phi) is 6.39. The lowest BCUT2D eigenvalue weighted by Gasteiger charge is -2.32. The van der Waals surface area contributed by atoms with Crippen LogP contribution in [0.15, 0.2) is 29.4 Å². The van der Waals surface area contributed by atoms with E-state index in [0.717, 1.165) is 34.9 Å². The summed E-state index contributed by atoms with van der Waals surface area (Å²) in [7, 11) is 0. The molecule has 1 aliphatic rings. The fraction of sp³-hybridized carbons (Fsp3) is 0.500. The van der Waals surface area contributed by atoms with E-state index in [1.807, 2.05) is 43.5 Å². The molecule has 2 atom stereocenters. The number of rotatable bonds is 6. The Labute approximate surface area is 169 Å². The molecule has 2 unspecified atom stereocenters. The number of amides is 2. The maximum atomic E-state index is 12.9. The van der Waals surface area contributed by atoms with Gasteiger partial charge >= 0.3 is 0 Å². The van der Waals surface area contributed by atoms with Crippen molar-refractivity contribution in [2.75, 3.05) is 13.1 Å². The average Bonchev–Trinajstić information content (AvgIpc) is 3.09. The van der Waals surface area contributed by atoms with Gasteiger partial charge in [-0.3, -0.25) is 9.59 Å². The van der Waals surface area contributed by atoms with Crippen molar-refractivity contribution >= 4 is 23.6 Å². The van der Waals surface area contributed by atoms with Crippen LogP contribution in [0.25, 0.3) is 11.4 Å². The molecule has 3 rings (SSSR count). The lowest BCUT2D eigenvalue weighted by Crippen LogP contribution is -2.46. The molecule has 7 nitrogen and oxygen atoms in total. The molecule has 0 saturated carbocycles. The molecule has 1 aromatic heterocycles. The van der Waals surface area contributed by atoms with Gasteiger partial charge in [0.25, 0.3) is 0 Å². The third kappa shape index (κ3) is 4.38. The van der Waals surface area contributed by atoms with Crippen molar-refractivity contribution in [3.63, 3.8) is 0 Å². The van der Waals surface area contributed by atoms with E-state index in [4.69, 9.17) is 5.73 Å². The first-order valence-corrected chi connectivity index (χ1v) is 10.5. The molecule has 1 aliphatic heterocycles. The van der Waals surface area contributed by atoms with Gasteiger partial charge < -0.3 is 15.2 Å². The molecule has 1 aromatic carbocycles. The van der Waals surface area contributed by atoms with Gasteiger partial charge in [0.05, 0.1) is 11.2 Å². The van der Waals surface area contributed by atoms with E-state index >= 15 is 0 Å². The summed E-state index contributed by atoms with van der Waals surface area (Å²) >= 11 is 1.41. The summed E-state index contributed by atoms with van der Waals surface area (Å²) in [4.78, 5) is 26.1. The molecule has 2 heterocycles. The van der Waals surface area contributed by atoms with Gasteiger partial charge in [0, 0.05) is 25.2 Å². The number of nitrogens with zero attached hydrogens (tertiary/aromatic N) is 4. The number of piperidine rings is 1. The minimum atomic E-state index is -0.327. The van der Waals surface area contributed by atoms with E-state index < -0.39 is 0 Å². The van der Waals surface area contributed by atoms with Crippen LogP contribution in [-0.4, -0.2) is 49.8 Å². The van der Waals surface area contributed by atoms with E-state index in [1.54, 1.807) is 4.90 Å². The zero-order chi connectivity index (χ0) is 20.3. The van der Waals surface area contributed by atoms with Crippen LogP contribution >= 0.6 is 11.8 Å². The largest absolute Gasteiger partial charge is 0.369 e. The summed E-state index contributed by atoms with van der Waals surface area (Å²) in [6.45, 7) is 7.76. The third-order valence-corrected chi connectivity index (χ3v) is 6.14. The Morgan fingerprint density at radius 3 is 2.82 bits per heavy atom. The maximum Gasteiger partial charge on any atom is 0.235 e. The second-order valence-electron chi connectivity index (χ2n) is 7.21. The molecule has 2 aromatic rings. The predicted molar refractivity (Wildman–Crippen MR) is 110 cm³/mol. The molecule has 28 heavy (non-hydrogen) atoms. The Morgan fingerprint density at radius 2 is 2.14 bits per heavy atom. The molecule has 0 radical (unpaired) electrons. The van der Waals surface area contributed by atoms with E-state index in [2.05, 4.69) is 16.3 Å². The summed E-state index contributed by atoms with van der Waals surface area (Å²) < 4.78 is 2.03. The van der Waals surface area contributed by atoms with Gasteiger partial charge in [0.15, 0.2) is 11.0 Å². The zero-order valence-corrected chi connectivity index (χ0v) is 17.4. The Balaban J connectivity index is 1.74. The van der Waals surface area contributed by atoms with Gasteiger partial charge in [-0.1, -0.05) is 35.5 Å². The van der Waals surface area contributed by atoms with Crippen LogP contribution in [-0.2, 0) is 16.1 Å². The van der Waals surface area contributed by atoms with Gasteiger partial charge in [-0.2, -0.15) is 0 Å². The summed E-state index contributed by atoms with van der Waals surface area (Å²) in [5.74, 6) is 0.243. The van der Waals surface area contributed by atoms with Crippen molar-refractivity contribution in [3.05, 3.63) is 29.8 Å². The predicted octanol–water partition coefficient (Wildman–Crippen LogP) is 2.48. The molecule has 1 fully saturated rings. The van der Waals surface area contributed by atoms with Crippen molar-refractivity contribution in [2.45, 2.75) is 50.6 Å². The average molecular weight is 402 g/mol. The van der Waals surface area contributed by atoms with Crippen molar-refractivity contribution in [1.29, 1.82) is 0 Å². The molecular formula is C20H27N5O2S. The number of aryl methyl sites for hydroxylation is 1.